The van der Waals surface area contributed by atoms with Crippen molar-refractivity contribution in [1.82, 2.24) is 25.0 Å². The highest BCUT2D eigenvalue weighted by Crippen LogP contribution is 2.14. The van der Waals surface area contributed by atoms with Crippen molar-refractivity contribution in [2.24, 2.45) is 0 Å². The molecule has 0 unspecified atom stereocenters. The van der Waals surface area contributed by atoms with Crippen molar-refractivity contribution in [2.45, 2.75) is 12.0 Å². The smallest absolute Gasteiger partial charge is 0.224 e. The Morgan fingerprint density at radius 1 is 1.29 bits per heavy atom. The van der Waals surface area contributed by atoms with Crippen LogP contribution in [0.5, 0.6) is 0 Å². The summed E-state index contributed by atoms with van der Waals surface area (Å²) in [6.07, 6.45) is 2.44. The van der Waals surface area contributed by atoms with Crippen molar-refractivity contribution in [1.29, 1.82) is 0 Å². The third-order valence-electron chi connectivity index (χ3n) is 3.07. The first-order chi connectivity index (χ1) is 9.99. The van der Waals surface area contributed by atoms with E-state index in [1.54, 1.807) is 0 Å². The van der Waals surface area contributed by atoms with Gasteiger partial charge in [0.2, 0.25) is 15.0 Å². The average Bonchev–Trinajstić information content (AvgIpc) is 2.89. The molecule has 2 aromatic heterocycles. The molecule has 0 radical (unpaired) electrons. The summed E-state index contributed by atoms with van der Waals surface area (Å²) in [7, 11) is -2.58. The number of fused-ring (bicyclic) bond motifs is 1. The highest BCUT2D eigenvalue weighted by molar-refractivity contribution is 7.90. The van der Waals surface area contributed by atoms with Crippen LogP contribution in [0, 0.1) is 0 Å². The molecule has 21 heavy (non-hydrogen) atoms. The molecule has 0 bridgehead atoms. The Balaban J connectivity index is 2.23. The zero-order valence-electron chi connectivity index (χ0n) is 11.6. The minimum Gasteiger partial charge on any atom is -0.224 e. The van der Waals surface area contributed by atoms with Crippen molar-refractivity contribution < 1.29 is 8.42 Å². The third kappa shape index (κ3) is 2.51. The summed E-state index contributed by atoms with van der Waals surface area (Å²) in [5.74, 6) is 0. The molecular formula is C12H12BN5O2S. The molecule has 0 fully saturated rings. The van der Waals surface area contributed by atoms with Crippen molar-refractivity contribution in [3.63, 3.8) is 0 Å². The number of benzene rings is 1. The summed E-state index contributed by atoms with van der Waals surface area (Å²) in [6.45, 7) is 2.06. The molecule has 0 saturated carbocycles. The molecule has 0 aliphatic rings. The molecule has 106 valence electrons. The van der Waals surface area contributed by atoms with Crippen LogP contribution in [0.1, 0.15) is 0 Å². The predicted molar refractivity (Wildman–Crippen MR) is 80.2 cm³/mol. The van der Waals surface area contributed by atoms with Gasteiger partial charge in [0.25, 0.3) is 0 Å². The fourth-order valence-corrected chi connectivity index (χ4v) is 2.47. The van der Waals surface area contributed by atoms with Crippen LogP contribution in [0.4, 0.5) is 0 Å². The first-order valence-corrected chi connectivity index (χ1v) is 8.26. The predicted octanol–water partition coefficient (Wildman–Crippen LogP) is -0.276. The molecule has 9 heteroatoms. The lowest BCUT2D eigenvalue weighted by Crippen LogP contribution is -2.12. The van der Waals surface area contributed by atoms with Gasteiger partial charge in [-0.25, -0.2) is 13.4 Å². The van der Waals surface area contributed by atoms with Gasteiger partial charge in [0.15, 0.2) is 18.4 Å². The van der Waals surface area contributed by atoms with Crippen LogP contribution >= 0.6 is 0 Å². The lowest BCUT2D eigenvalue weighted by Gasteiger charge is -2.04. The van der Waals surface area contributed by atoms with Crippen LogP contribution < -0.4 is 5.46 Å². The van der Waals surface area contributed by atoms with Crippen LogP contribution in [0.3, 0.4) is 0 Å². The second kappa shape index (κ2) is 4.92. The van der Waals surface area contributed by atoms with Gasteiger partial charge in [-0.2, -0.15) is 9.67 Å². The second-order valence-electron chi connectivity index (χ2n) is 4.66. The fourth-order valence-electron chi connectivity index (χ4n) is 1.97. The van der Waals surface area contributed by atoms with Crippen molar-refractivity contribution >= 4 is 33.7 Å². The Hall–Kier alpha value is -2.29. The molecular weight excluding hydrogens is 289 g/mol. The molecule has 0 saturated heterocycles. The number of rotatable bonds is 3. The van der Waals surface area contributed by atoms with Gasteiger partial charge < -0.3 is 0 Å². The maximum atomic E-state index is 11.6. The Morgan fingerprint density at radius 3 is 2.81 bits per heavy atom. The van der Waals surface area contributed by atoms with E-state index in [1.807, 2.05) is 24.3 Å². The number of hydrogen-bond donors (Lipinski definition) is 0. The molecule has 0 atom stereocenters. The first-order valence-electron chi connectivity index (χ1n) is 6.37. The fraction of sp³-hybridized carbons (Fsp3) is 0.167. The zero-order valence-corrected chi connectivity index (χ0v) is 12.4. The van der Waals surface area contributed by atoms with Gasteiger partial charge in [0, 0.05) is 6.26 Å². The summed E-state index contributed by atoms with van der Waals surface area (Å²) < 4.78 is 24.7. The van der Waals surface area contributed by atoms with E-state index >= 15 is 0 Å². The Kier molecular flexibility index (Phi) is 3.21. The van der Waals surface area contributed by atoms with Gasteiger partial charge >= 0.3 is 0 Å². The quantitative estimate of drug-likeness (QED) is 0.488. The number of nitrogens with zero attached hydrogens (tertiary/aromatic N) is 5. The Morgan fingerprint density at radius 2 is 2.10 bits per heavy atom. The lowest BCUT2D eigenvalue weighted by atomic mass is 9.73. The second-order valence-corrected chi connectivity index (χ2v) is 6.57. The van der Waals surface area contributed by atoms with E-state index < -0.39 is 9.84 Å². The Bertz CT molecular complexity index is 922. The number of aromatic nitrogens is 5. The van der Waals surface area contributed by atoms with Crippen LogP contribution in [0.15, 0.2) is 35.6 Å². The van der Waals surface area contributed by atoms with E-state index in [-0.39, 0.29) is 5.16 Å². The molecule has 2 heterocycles. The molecule has 1 aromatic carbocycles. The molecule has 3 rings (SSSR count). The van der Waals surface area contributed by atoms with Crippen LogP contribution in [-0.2, 0) is 9.84 Å². The van der Waals surface area contributed by atoms with Gasteiger partial charge in [-0.05, 0) is 12.1 Å². The minimum atomic E-state index is -3.48. The largest absolute Gasteiger partial charge is 0.248 e. The molecule has 0 aliphatic carbocycles. The molecule has 0 N–H and O–H groups in total. The maximum absolute atomic E-state index is 11.6. The lowest BCUT2D eigenvalue weighted by molar-refractivity contribution is 0.593. The van der Waals surface area contributed by atoms with Crippen LogP contribution in [0.2, 0.25) is 6.82 Å². The van der Waals surface area contributed by atoms with Crippen molar-refractivity contribution in [3.05, 3.63) is 30.5 Å². The normalized spacial score (nSPS) is 11.7. The highest BCUT2D eigenvalue weighted by atomic mass is 32.2. The average molecular weight is 301 g/mol. The molecule has 0 spiro atoms. The molecule has 3 aromatic rings. The molecule has 7 nitrogen and oxygen atoms in total. The van der Waals surface area contributed by atoms with Gasteiger partial charge in [0.05, 0.1) is 11.9 Å². The summed E-state index contributed by atoms with van der Waals surface area (Å²) in [5.41, 5.74) is 2.76. The minimum absolute atomic E-state index is 0.231. The Labute approximate surface area is 122 Å². The highest BCUT2D eigenvalue weighted by Gasteiger charge is 2.15. The zero-order chi connectivity index (χ0) is 15.0. The van der Waals surface area contributed by atoms with Gasteiger partial charge in [-0.1, -0.05) is 29.6 Å². The topological polar surface area (TPSA) is 90.6 Å². The van der Waals surface area contributed by atoms with E-state index in [0.717, 1.165) is 24.7 Å². The summed E-state index contributed by atoms with van der Waals surface area (Å²) in [6, 6.07) is 7.77. The van der Waals surface area contributed by atoms with Crippen LogP contribution in [0.25, 0.3) is 16.9 Å². The van der Waals surface area contributed by atoms with E-state index in [1.165, 1.54) is 10.9 Å². The summed E-state index contributed by atoms with van der Waals surface area (Å²) in [5, 5.41) is 7.77. The maximum Gasteiger partial charge on any atom is 0.248 e. The monoisotopic (exact) mass is 301 g/mol. The molecule has 0 amide bonds. The van der Waals surface area contributed by atoms with E-state index in [9.17, 15) is 8.42 Å². The number of sulfone groups is 1. The van der Waals surface area contributed by atoms with Crippen LogP contribution in [-0.4, -0.2) is 46.9 Å². The van der Waals surface area contributed by atoms with Crippen molar-refractivity contribution in [3.8, 4) is 5.69 Å². The third-order valence-corrected chi connectivity index (χ3v) is 3.93. The molecule has 0 aliphatic heterocycles. The SMILES string of the molecule is CBc1cccc(-n2nnc3cnc(S(C)(=O)=O)nc32)c1. The standard InChI is InChI=1S/C12H12BN5O2S/c1-13-8-4-3-5-9(6-8)18-11-10(16-17-18)7-14-12(15-11)21(2,19)20/h3-7,13H,1-2H3. The van der Waals surface area contributed by atoms with E-state index in [2.05, 4.69) is 27.1 Å². The van der Waals surface area contributed by atoms with E-state index in [4.69, 9.17) is 0 Å². The summed E-state index contributed by atoms with van der Waals surface area (Å²) in [4.78, 5) is 7.88. The van der Waals surface area contributed by atoms with Gasteiger partial charge in [-0.15, -0.1) is 5.10 Å². The number of hydrogen-bond acceptors (Lipinski definition) is 6. The van der Waals surface area contributed by atoms with E-state index in [0.29, 0.717) is 11.2 Å². The van der Waals surface area contributed by atoms with Crippen molar-refractivity contribution in [2.75, 3.05) is 6.26 Å². The summed E-state index contributed by atoms with van der Waals surface area (Å²) >= 11 is 0. The van der Waals surface area contributed by atoms with Gasteiger partial charge in [-0.3, -0.25) is 0 Å². The van der Waals surface area contributed by atoms with Gasteiger partial charge in [0.1, 0.15) is 0 Å². The first kappa shape index (κ1) is 13.7.